The van der Waals surface area contributed by atoms with E-state index in [9.17, 15) is 18.0 Å². The fourth-order valence-electron chi connectivity index (χ4n) is 3.34. The van der Waals surface area contributed by atoms with Crippen molar-refractivity contribution in [3.63, 3.8) is 0 Å². The molecule has 2 amide bonds. The van der Waals surface area contributed by atoms with Crippen LogP contribution in [0.2, 0.25) is 0 Å². The van der Waals surface area contributed by atoms with E-state index in [1.54, 1.807) is 30.3 Å². The molecule has 1 aliphatic rings. The maximum absolute atomic E-state index is 13.0. The van der Waals surface area contributed by atoms with Gasteiger partial charge in [0, 0.05) is 19.6 Å². The van der Waals surface area contributed by atoms with Crippen LogP contribution in [0, 0.1) is 0 Å². The summed E-state index contributed by atoms with van der Waals surface area (Å²) in [7, 11) is -2.30. The van der Waals surface area contributed by atoms with Gasteiger partial charge in [-0.2, -0.15) is 4.31 Å². The van der Waals surface area contributed by atoms with Gasteiger partial charge >= 0.3 is 0 Å². The van der Waals surface area contributed by atoms with Crippen molar-refractivity contribution in [2.45, 2.75) is 17.7 Å². The molecule has 0 spiro atoms. The molecule has 0 unspecified atom stereocenters. The van der Waals surface area contributed by atoms with Crippen LogP contribution in [0.1, 0.15) is 33.6 Å². The van der Waals surface area contributed by atoms with Crippen LogP contribution >= 0.6 is 0 Å². The quantitative estimate of drug-likeness (QED) is 0.611. The Balaban J connectivity index is 1.92. The van der Waals surface area contributed by atoms with Crippen molar-refractivity contribution in [2.75, 3.05) is 32.1 Å². The van der Waals surface area contributed by atoms with E-state index in [1.165, 1.54) is 29.6 Å². The van der Waals surface area contributed by atoms with Crippen LogP contribution in [0.5, 0.6) is 5.75 Å². The summed E-state index contributed by atoms with van der Waals surface area (Å²) in [6.45, 7) is 4.77. The molecule has 164 valence electrons. The SMILES string of the molecule is C=CCNC(=O)c1ccccc1NC(=O)c1cc(S(=O)(=O)N2CCCC2)ccc1OC. The van der Waals surface area contributed by atoms with E-state index < -0.39 is 15.9 Å². The molecule has 31 heavy (non-hydrogen) atoms. The maximum atomic E-state index is 13.0. The number of hydrogen-bond donors (Lipinski definition) is 2. The van der Waals surface area contributed by atoms with Gasteiger partial charge in [0.05, 0.1) is 28.8 Å². The molecule has 8 nitrogen and oxygen atoms in total. The normalized spacial score (nSPS) is 14.1. The number of carbonyl (C=O) groups excluding carboxylic acids is 2. The van der Waals surface area contributed by atoms with E-state index >= 15 is 0 Å². The topological polar surface area (TPSA) is 105 Å². The first-order chi connectivity index (χ1) is 14.9. The molecular formula is C22H25N3O5S. The molecule has 0 bridgehead atoms. The number of benzene rings is 2. The molecule has 1 aliphatic heterocycles. The van der Waals surface area contributed by atoms with Crippen molar-refractivity contribution < 1.29 is 22.7 Å². The predicted molar refractivity (Wildman–Crippen MR) is 118 cm³/mol. The van der Waals surface area contributed by atoms with Crippen LogP contribution < -0.4 is 15.4 Å². The number of nitrogens with zero attached hydrogens (tertiary/aromatic N) is 1. The van der Waals surface area contributed by atoms with E-state index in [0.29, 0.717) is 18.8 Å². The van der Waals surface area contributed by atoms with Crippen molar-refractivity contribution in [1.29, 1.82) is 0 Å². The molecule has 0 aromatic heterocycles. The molecule has 0 aliphatic carbocycles. The van der Waals surface area contributed by atoms with Gasteiger partial charge in [-0.25, -0.2) is 8.42 Å². The summed E-state index contributed by atoms with van der Waals surface area (Å²) in [6.07, 6.45) is 3.18. The molecular weight excluding hydrogens is 418 g/mol. The summed E-state index contributed by atoms with van der Waals surface area (Å²) in [4.78, 5) is 25.4. The Labute approximate surface area is 181 Å². The van der Waals surface area contributed by atoms with Crippen LogP contribution in [-0.4, -0.2) is 51.3 Å². The Bertz CT molecular complexity index is 1090. The lowest BCUT2D eigenvalue weighted by Crippen LogP contribution is -2.28. The van der Waals surface area contributed by atoms with E-state index in [1.807, 2.05) is 0 Å². The number of ether oxygens (including phenoxy) is 1. The second kappa shape index (κ2) is 9.76. The zero-order valence-electron chi connectivity index (χ0n) is 17.3. The highest BCUT2D eigenvalue weighted by Crippen LogP contribution is 2.27. The molecule has 2 aromatic rings. The highest BCUT2D eigenvalue weighted by molar-refractivity contribution is 7.89. The Kier molecular flexibility index (Phi) is 7.09. The number of para-hydroxylation sites is 1. The van der Waals surface area contributed by atoms with Crippen molar-refractivity contribution in [3.05, 3.63) is 66.2 Å². The van der Waals surface area contributed by atoms with Gasteiger partial charge in [-0.05, 0) is 43.2 Å². The minimum Gasteiger partial charge on any atom is -0.496 e. The Hall–Kier alpha value is -3.17. The monoisotopic (exact) mass is 443 g/mol. The number of hydrogen-bond acceptors (Lipinski definition) is 5. The fraction of sp³-hybridized carbons (Fsp3) is 0.273. The maximum Gasteiger partial charge on any atom is 0.259 e. The molecule has 1 fully saturated rings. The van der Waals surface area contributed by atoms with Crippen molar-refractivity contribution in [1.82, 2.24) is 9.62 Å². The van der Waals surface area contributed by atoms with E-state index in [2.05, 4.69) is 17.2 Å². The van der Waals surface area contributed by atoms with Crippen LogP contribution in [0.3, 0.4) is 0 Å². The highest BCUT2D eigenvalue weighted by atomic mass is 32.2. The third-order valence-electron chi connectivity index (χ3n) is 4.95. The van der Waals surface area contributed by atoms with Crippen molar-refractivity contribution in [2.24, 2.45) is 0 Å². The number of sulfonamides is 1. The van der Waals surface area contributed by atoms with Crippen LogP contribution in [-0.2, 0) is 10.0 Å². The van der Waals surface area contributed by atoms with Gasteiger partial charge in [-0.15, -0.1) is 6.58 Å². The molecule has 2 aromatic carbocycles. The molecule has 9 heteroatoms. The third kappa shape index (κ3) is 4.95. The standard InChI is InChI=1S/C22H25N3O5S/c1-3-12-23-21(26)17-8-4-5-9-19(17)24-22(27)18-15-16(10-11-20(18)30-2)31(28,29)25-13-6-7-14-25/h3-5,8-11,15H,1,6-7,12-14H2,2H3,(H,23,26)(H,24,27). The van der Waals surface area contributed by atoms with Gasteiger partial charge in [0.25, 0.3) is 11.8 Å². The molecule has 1 saturated heterocycles. The number of rotatable bonds is 8. The van der Waals surface area contributed by atoms with Gasteiger partial charge in [0.2, 0.25) is 10.0 Å². The van der Waals surface area contributed by atoms with Crippen LogP contribution in [0.4, 0.5) is 5.69 Å². The number of nitrogens with one attached hydrogen (secondary N) is 2. The third-order valence-corrected chi connectivity index (χ3v) is 6.84. The van der Waals surface area contributed by atoms with E-state index in [0.717, 1.165) is 12.8 Å². The van der Waals surface area contributed by atoms with Crippen LogP contribution in [0.15, 0.2) is 60.0 Å². The van der Waals surface area contributed by atoms with Gasteiger partial charge in [0.15, 0.2) is 0 Å². The minimum absolute atomic E-state index is 0.0253. The molecule has 0 radical (unpaired) electrons. The van der Waals surface area contributed by atoms with Gasteiger partial charge in [0.1, 0.15) is 5.75 Å². The largest absolute Gasteiger partial charge is 0.496 e. The molecule has 0 saturated carbocycles. The summed E-state index contributed by atoms with van der Waals surface area (Å²) in [6, 6.07) is 10.7. The van der Waals surface area contributed by atoms with E-state index in [-0.39, 0.29) is 34.2 Å². The lowest BCUT2D eigenvalue weighted by molar-refractivity contribution is 0.0959. The van der Waals surface area contributed by atoms with Gasteiger partial charge in [-0.3, -0.25) is 9.59 Å². The van der Waals surface area contributed by atoms with Crippen molar-refractivity contribution >= 4 is 27.5 Å². The average Bonchev–Trinajstić information content (AvgIpc) is 3.33. The zero-order valence-corrected chi connectivity index (χ0v) is 18.1. The molecule has 2 N–H and O–H groups in total. The number of carbonyl (C=O) groups is 2. The van der Waals surface area contributed by atoms with Crippen LogP contribution in [0.25, 0.3) is 0 Å². The first kappa shape index (κ1) is 22.5. The molecule has 0 atom stereocenters. The summed E-state index contributed by atoms with van der Waals surface area (Å²) >= 11 is 0. The Morgan fingerprint density at radius 1 is 1.10 bits per heavy atom. The molecule has 1 heterocycles. The summed E-state index contributed by atoms with van der Waals surface area (Å²) in [5, 5.41) is 5.36. The lowest BCUT2D eigenvalue weighted by Gasteiger charge is -2.17. The predicted octanol–water partition coefficient (Wildman–Crippen LogP) is 2.65. The first-order valence-corrected chi connectivity index (χ1v) is 11.3. The summed E-state index contributed by atoms with van der Waals surface area (Å²) < 4.78 is 32.5. The zero-order chi connectivity index (χ0) is 22.4. The summed E-state index contributed by atoms with van der Waals surface area (Å²) in [5.41, 5.74) is 0.630. The second-order valence-electron chi connectivity index (χ2n) is 6.97. The molecule has 3 rings (SSSR count). The Morgan fingerprint density at radius 2 is 1.81 bits per heavy atom. The Morgan fingerprint density at radius 3 is 2.48 bits per heavy atom. The smallest absolute Gasteiger partial charge is 0.259 e. The number of amides is 2. The average molecular weight is 444 g/mol. The van der Waals surface area contributed by atoms with Crippen molar-refractivity contribution in [3.8, 4) is 5.75 Å². The lowest BCUT2D eigenvalue weighted by atomic mass is 10.1. The number of anilines is 1. The van der Waals surface area contributed by atoms with E-state index in [4.69, 9.17) is 4.74 Å². The highest BCUT2D eigenvalue weighted by Gasteiger charge is 2.29. The summed E-state index contributed by atoms with van der Waals surface area (Å²) in [5.74, 6) is -0.723. The minimum atomic E-state index is -3.70. The first-order valence-electron chi connectivity index (χ1n) is 9.86. The number of methoxy groups -OCH3 is 1. The van der Waals surface area contributed by atoms with Gasteiger partial charge < -0.3 is 15.4 Å². The van der Waals surface area contributed by atoms with Gasteiger partial charge in [-0.1, -0.05) is 18.2 Å². The second-order valence-corrected chi connectivity index (χ2v) is 8.91. The fourth-order valence-corrected chi connectivity index (χ4v) is 4.89.